The molecule has 2 N–H and O–H groups in total. The van der Waals surface area contributed by atoms with Gasteiger partial charge in [0, 0.05) is 31.6 Å². The van der Waals surface area contributed by atoms with Gasteiger partial charge in [-0.1, -0.05) is 22.0 Å². The fourth-order valence-corrected chi connectivity index (χ4v) is 2.77. The molecule has 0 radical (unpaired) electrons. The second-order valence-corrected chi connectivity index (χ2v) is 6.09. The Morgan fingerprint density at radius 2 is 1.95 bits per heavy atom. The van der Waals surface area contributed by atoms with Crippen molar-refractivity contribution in [3.8, 4) is 0 Å². The van der Waals surface area contributed by atoms with E-state index in [4.69, 9.17) is 0 Å². The number of benzene rings is 2. The molecule has 0 aliphatic heterocycles. The topological polar surface area (TPSA) is 44.9 Å². The molecule has 5 heteroatoms. The van der Waals surface area contributed by atoms with Gasteiger partial charge in [0.1, 0.15) is 0 Å². The molecule has 1 amide bonds. The van der Waals surface area contributed by atoms with Crippen LogP contribution in [0.15, 0.2) is 57.6 Å². The molecule has 0 bridgehead atoms. The van der Waals surface area contributed by atoms with E-state index in [0.717, 1.165) is 25.5 Å². The second-order valence-electron chi connectivity index (χ2n) is 4.32. The second kappa shape index (κ2) is 5.42. The van der Waals surface area contributed by atoms with Gasteiger partial charge in [-0.05, 0) is 52.3 Å². The number of hydrogen-bond donors (Lipinski definition) is 2. The molecule has 0 spiro atoms. The highest BCUT2D eigenvalue weighted by Crippen LogP contribution is 2.27. The molecule has 0 saturated heterocycles. The van der Waals surface area contributed by atoms with Crippen LogP contribution in [0.1, 0.15) is 10.4 Å². The largest absolute Gasteiger partial charge is 0.361 e. The van der Waals surface area contributed by atoms with Gasteiger partial charge in [-0.15, -0.1) is 0 Å². The van der Waals surface area contributed by atoms with Gasteiger partial charge < -0.3 is 10.3 Å². The predicted octanol–water partition coefficient (Wildman–Crippen LogP) is 4.95. The summed E-state index contributed by atoms with van der Waals surface area (Å²) in [5.41, 5.74) is 2.33. The summed E-state index contributed by atoms with van der Waals surface area (Å²) < 4.78 is 1.76. The zero-order valence-electron chi connectivity index (χ0n) is 10.3. The minimum atomic E-state index is -0.131. The molecular formula is C15H10Br2N2O. The number of rotatable bonds is 2. The number of fused-ring (bicyclic) bond motifs is 1. The predicted molar refractivity (Wildman–Crippen MR) is 88.1 cm³/mol. The zero-order chi connectivity index (χ0) is 14.1. The first-order valence-electron chi connectivity index (χ1n) is 5.97. The number of halogens is 2. The summed E-state index contributed by atoms with van der Waals surface area (Å²) in [4.78, 5) is 15.5. The standard InChI is InChI=1S/C15H10Br2N2O/c16-9-4-5-12(17)14(8-9)19-15(20)11-2-1-3-13-10(11)6-7-18-13/h1-8,18H,(H,19,20). The quantitative estimate of drug-likeness (QED) is 0.635. The van der Waals surface area contributed by atoms with Crippen LogP contribution in [0.3, 0.4) is 0 Å². The summed E-state index contributed by atoms with van der Waals surface area (Å²) in [6, 6.07) is 13.2. The van der Waals surface area contributed by atoms with Crippen LogP contribution in [-0.4, -0.2) is 10.9 Å². The molecule has 0 aliphatic carbocycles. The number of aromatic nitrogens is 1. The molecular weight excluding hydrogens is 384 g/mol. The molecule has 3 aromatic rings. The van der Waals surface area contributed by atoms with E-state index in [1.807, 2.05) is 48.7 Å². The van der Waals surface area contributed by atoms with E-state index in [2.05, 4.69) is 42.2 Å². The maximum atomic E-state index is 12.4. The third kappa shape index (κ3) is 2.51. The maximum absolute atomic E-state index is 12.4. The van der Waals surface area contributed by atoms with Gasteiger partial charge in [0.25, 0.3) is 5.91 Å². The minimum absolute atomic E-state index is 0.131. The Labute approximate surface area is 132 Å². The third-order valence-electron chi connectivity index (χ3n) is 3.02. The molecule has 20 heavy (non-hydrogen) atoms. The van der Waals surface area contributed by atoms with Crippen LogP contribution >= 0.6 is 31.9 Å². The van der Waals surface area contributed by atoms with Crippen molar-refractivity contribution in [2.75, 3.05) is 5.32 Å². The van der Waals surface area contributed by atoms with Crippen molar-refractivity contribution >= 4 is 54.4 Å². The normalized spacial score (nSPS) is 10.7. The minimum Gasteiger partial charge on any atom is -0.361 e. The van der Waals surface area contributed by atoms with Crippen LogP contribution in [0.4, 0.5) is 5.69 Å². The Morgan fingerprint density at radius 3 is 2.80 bits per heavy atom. The molecule has 3 rings (SSSR count). The number of nitrogens with one attached hydrogen (secondary N) is 2. The maximum Gasteiger partial charge on any atom is 0.256 e. The molecule has 1 heterocycles. The highest BCUT2D eigenvalue weighted by atomic mass is 79.9. The van der Waals surface area contributed by atoms with Crippen LogP contribution in [0.5, 0.6) is 0 Å². The number of aromatic amines is 1. The van der Waals surface area contributed by atoms with E-state index in [0.29, 0.717) is 5.56 Å². The first kappa shape index (κ1) is 13.4. The van der Waals surface area contributed by atoms with Gasteiger partial charge >= 0.3 is 0 Å². The summed E-state index contributed by atoms with van der Waals surface area (Å²) in [7, 11) is 0. The highest BCUT2D eigenvalue weighted by molar-refractivity contribution is 9.11. The van der Waals surface area contributed by atoms with Gasteiger partial charge in [-0.3, -0.25) is 4.79 Å². The van der Waals surface area contributed by atoms with E-state index < -0.39 is 0 Å². The monoisotopic (exact) mass is 392 g/mol. The summed E-state index contributed by atoms with van der Waals surface area (Å²) in [6.07, 6.45) is 1.83. The van der Waals surface area contributed by atoms with Crippen LogP contribution in [0.25, 0.3) is 10.9 Å². The Balaban J connectivity index is 1.97. The average Bonchev–Trinajstić information content (AvgIpc) is 2.91. The van der Waals surface area contributed by atoms with Crippen molar-refractivity contribution < 1.29 is 4.79 Å². The zero-order valence-corrected chi connectivity index (χ0v) is 13.5. The van der Waals surface area contributed by atoms with Crippen LogP contribution < -0.4 is 5.32 Å². The summed E-state index contributed by atoms with van der Waals surface area (Å²) in [6.45, 7) is 0. The molecule has 0 unspecified atom stereocenters. The SMILES string of the molecule is O=C(Nc1cc(Br)ccc1Br)c1cccc2[nH]ccc12. The molecule has 0 aliphatic rings. The van der Waals surface area contributed by atoms with Crippen molar-refractivity contribution in [3.63, 3.8) is 0 Å². The fraction of sp³-hybridized carbons (Fsp3) is 0. The third-order valence-corrected chi connectivity index (χ3v) is 4.20. The first-order valence-corrected chi connectivity index (χ1v) is 7.56. The van der Waals surface area contributed by atoms with Crippen LogP contribution in [0.2, 0.25) is 0 Å². The van der Waals surface area contributed by atoms with Crippen molar-refractivity contribution in [1.82, 2.24) is 4.98 Å². The van der Waals surface area contributed by atoms with E-state index in [9.17, 15) is 4.79 Å². The molecule has 3 nitrogen and oxygen atoms in total. The van der Waals surface area contributed by atoms with E-state index >= 15 is 0 Å². The van der Waals surface area contributed by atoms with E-state index in [1.165, 1.54) is 0 Å². The van der Waals surface area contributed by atoms with Crippen LogP contribution in [0, 0.1) is 0 Å². The lowest BCUT2D eigenvalue weighted by molar-refractivity contribution is 0.102. The Hall–Kier alpha value is -1.59. The highest BCUT2D eigenvalue weighted by Gasteiger charge is 2.12. The Kier molecular flexibility index (Phi) is 3.63. The van der Waals surface area contributed by atoms with Gasteiger partial charge in [-0.2, -0.15) is 0 Å². The van der Waals surface area contributed by atoms with E-state index in [1.54, 1.807) is 0 Å². The van der Waals surface area contributed by atoms with Gasteiger partial charge in [0.2, 0.25) is 0 Å². The lowest BCUT2D eigenvalue weighted by atomic mass is 10.1. The van der Waals surface area contributed by atoms with Gasteiger partial charge in [0.15, 0.2) is 0 Å². The van der Waals surface area contributed by atoms with E-state index in [-0.39, 0.29) is 5.91 Å². The fourth-order valence-electron chi connectivity index (χ4n) is 2.07. The first-order chi connectivity index (χ1) is 9.65. The Morgan fingerprint density at radius 1 is 1.10 bits per heavy atom. The average molecular weight is 394 g/mol. The van der Waals surface area contributed by atoms with Crippen molar-refractivity contribution in [3.05, 3.63) is 63.2 Å². The number of carbonyl (C=O) groups is 1. The number of hydrogen-bond acceptors (Lipinski definition) is 1. The molecule has 0 saturated carbocycles. The van der Waals surface area contributed by atoms with Crippen molar-refractivity contribution in [2.45, 2.75) is 0 Å². The number of amides is 1. The number of anilines is 1. The summed E-state index contributed by atoms with van der Waals surface area (Å²) >= 11 is 6.83. The summed E-state index contributed by atoms with van der Waals surface area (Å²) in [5, 5.41) is 3.83. The number of carbonyl (C=O) groups excluding carboxylic acids is 1. The van der Waals surface area contributed by atoms with Crippen molar-refractivity contribution in [1.29, 1.82) is 0 Å². The number of H-pyrrole nitrogens is 1. The molecule has 2 aromatic carbocycles. The summed E-state index contributed by atoms with van der Waals surface area (Å²) in [5.74, 6) is -0.131. The lowest BCUT2D eigenvalue weighted by Crippen LogP contribution is -2.12. The lowest BCUT2D eigenvalue weighted by Gasteiger charge is -2.08. The van der Waals surface area contributed by atoms with Crippen LogP contribution in [-0.2, 0) is 0 Å². The molecule has 1 aromatic heterocycles. The molecule has 0 atom stereocenters. The van der Waals surface area contributed by atoms with Gasteiger partial charge in [-0.25, -0.2) is 0 Å². The Bertz CT molecular complexity index is 795. The smallest absolute Gasteiger partial charge is 0.256 e. The molecule has 100 valence electrons. The van der Waals surface area contributed by atoms with Gasteiger partial charge in [0.05, 0.1) is 5.69 Å². The molecule has 0 fully saturated rings. The van der Waals surface area contributed by atoms with Crippen molar-refractivity contribution in [2.24, 2.45) is 0 Å².